The summed E-state index contributed by atoms with van der Waals surface area (Å²) in [5, 5.41) is 0. The molecule has 0 N–H and O–H groups in total. The smallest absolute Gasteiger partial charge is 0.166 e. The van der Waals surface area contributed by atoms with E-state index >= 15 is 0 Å². The highest BCUT2D eigenvalue weighted by molar-refractivity contribution is 9.09. The van der Waals surface area contributed by atoms with Crippen LogP contribution in [0, 0.1) is 5.92 Å². The zero-order valence-corrected chi connectivity index (χ0v) is 11.1. The third-order valence-corrected chi connectivity index (χ3v) is 4.92. The van der Waals surface area contributed by atoms with E-state index in [4.69, 9.17) is 0 Å². The molecule has 94 valence electrons. The van der Waals surface area contributed by atoms with Gasteiger partial charge in [0, 0.05) is 4.83 Å². The quantitative estimate of drug-likeness (QED) is 0.642. The van der Waals surface area contributed by atoms with Crippen LogP contribution in [0.15, 0.2) is 24.3 Å². The molecule has 0 saturated heterocycles. The largest absolute Gasteiger partial charge is 0.416 e. The zero-order valence-electron chi connectivity index (χ0n) is 9.47. The number of rotatable bonds is 1. The Morgan fingerprint density at radius 2 is 1.71 bits per heavy atom. The highest BCUT2D eigenvalue weighted by Gasteiger charge is 2.33. The Morgan fingerprint density at radius 3 is 2.12 bits per heavy atom. The van der Waals surface area contributed by atoms with E-state index in [-0.39, 0.29) is 0 Å². The average Bonchev–Trinajstić information content (AvgIpc) is 2.59. The normalized spacial score (nSPS) is 29.6. The van der Waals surface area contributed by atoms with E-state index < -0.39 is 11.7 Å². The van der Waals surface area contributed by atoms with E-state index in [0.29, 0.717) is 16.7 Å². The lowest BCUT2D eigenvalue weighted by atomic mass is 9.90. The fraction of sp³-hybridized carbons (Fsp3) is 0.538. The second kappa shape index (κ2) is 4.63. The maximum absolute atomic E-state index is 12.4. The molecular formula is C13H14BrF3. The first kappa shape index (κ1) is 12.9. The average molecular weight is 307 g/mol. The van der Waals surface area contributed by atoms with E-state index in [0.717, 1.165) is 18.4 Å². The summed E-state index contributed by atoms with van der Waals surface area (Å²) in [6.45, 7) is 2.15. The first-order valence-electron chi connectivity index (χ1n) is 5.71. The molecule has 1 saturated carbocycles. The molecule has 0 aromatic heterocycles. The van der Waals surface area contributed by atoms with Gasteiger partial charge in [0.25, 0.3) is 0 Å². The minimum Gasteiger partial charge on any atom is -0.166 e. The van der Waals surface area contributed by atoms with Gasteiger partial charge in [-0.25, -0.2) is 0 Å². The summed E-state index contributed by atoms with van der Waals surface area (Å²) in [5.41, 5.74) is 0.453. The predicted molar refractivity (Wildman–Crippen MR) is 65.3 cm³/mol. The summed E-state index contributed by atoms with van der Waals surface area (Å²) >= 11 is 3.61. The van der Waals surface area contributed by atoms with Crippen LogP contribution in [0.3, 0.4) is 0 Å². The van der Waals surface area contributed by atoms with Crippen molar-refractivity contribution in [1.29, 1.82) is 0 Å². The van der Waals surface area contributed by atoms with Gasteiger partial charge in [-0.2, -0.15) is 13.2 Å². The molecule has 0 heterocycles. The van der Waals surface area contributed by atoms with Crippen LogP contribution in [0.2, 0.25) is 0 Å². The van der Waals surface area contributed by atoms with Gasteiger partial charge in [-0.3, -0.25) is 0 Å². The first-order valence-corrected chi connectivity index (χ1v) is 6.62. The van der Waals surface area contributed by atoms with Crippen molar-refractivity contribution in [2.45, 2.75) is 36.7 Å². The van der Waals surface area contributed by atoms with Crippen LogP contribution in [0.5, 0.6) is 0 Å². The molecule has 1 aliphatic carbocycles. The van der Waals surface area contributed by atoms with Crippen molar-refractivity contribution in [2.24, 2.45) is 5.92 Å². The van der Waals surface area contributed by atoms with Gasteiger partial charge >= 0.3 is 6.18 Å². The molecule has 0 nitrogen and oxygen atoms in total. The molecule has 3 unspecified atom stereocenters. The molecule has 1 aliphatic rings. The Bertz CT molecular complexity index is 383. The van der Waals surface area contributed by atoms with E-state index in [2.05, 4.69) is 22.9 Å². The zero-order chi connectivity index (χ0) is 12.6. The predicted octanol–water partition coefficient (Wildman–Crippen LogP) is 4.98. The molecule has 2 rings (SSSR count). The van der Waals surface area contributed by atoms with Crippen LogP contribution in [-0.4, -0.2) is 4.83 Å². The van der Waals surface area contributed by atoms with Gasteiger partial charge in [0.05, 0.1) is 5.56 Å². The first-order chi connectivity index (χ1) is 7.89. The van der Waals surface area contributed by atoms with Crippen molar-refractivity contribution in [2.75, 3.05) is 0 Å². The minimum absolute atomic E-state index is 0.377. The van der Waals surface area contributed by atoms with Crippen molar-refractivity contribution >= 4 is 15.9 Å². The lowest BCUT2D eigenvalue weighted by Gasteiger charge is -2.18. The van der Waals surface area contributed by atoms with Crippen LogP contribution in [-0.2, 0) is 6.18 Å². The Kier molecular flexibility index (Phi) is 3.53. The van der Waals surface area contributed by atoms with Crippen molar-refractivity contribution in [3.63, 3.8) is 0 Å². The molecule has 0 aliphatic heterocycles. The van der Waals surface area contributed by atoms with E-state index in [1.54, 1.807) is 12.1 Å². The third-order valence-electron chi connectivity index (χ3n) is 3.62. The van der Waals surface area contributed by atoms with Crippen LogP contribution in [0.1, 0.15) is 36.8 Å². The summed E-state index contributed by atoms with van der Waals surface area (Å²) < 4.78 is 37.3. The summed E-state index contributed by atoms with van der Waals surface area (Å²) in [5.74, 6) is 0.855. The maximum atomic E-state index is 12.4. The van der Waals surface area contributed by atoms with Crippen molar-refractivity contribution in [3.8, 4) is 0 Å². The molecule has 0 radical (unpaired) electrons. The lowest BCUT2D eigenvalue weighted by Crippen LogP contribution is -2.10. The van der Waals surface area contributed by atoms with E-state index in [1.165, 1.54) is 12.1 Å². The van der Waals surface area contributed by atoms with Gasteiger partial charge in [-0.15, -0.1) is 0 Å². The number of hydrogen-bond acceptors (Lipinski definition) is 0. The van der Waals surface area contributed by atoms with Crippen LogP contribution in [0.4, 0.5) is 13.2 Å². The van der Waals surface area contributed by atoms with Crippen LogP contribution in [0.25, 0.3) is 0 Å². The molecule has 17 heavy (non-hydrogen) atoms. The Balaban J connectivity index is 2.19. The number of halogens is 4. The van der Waals surface area contributed by atoms with Gasteiger partial charge in [0.2, 0.25) is 0 Å². The van der Waals surface area contributed by atoms with Gasteiger partial charge in [0.15, 0.2) is 0 Å². The van der Waals surface area contributed by atoms with E-state index in [9.17, 15) is 13.2 Å². The molecule has 1 aromatic carbocycles. The van der Waals surface area contributed by atoms with Gasteiger partial charge in [-0.1, -0.05) is 35.0 Å². The molecule has 1 aromatic rings. The number of hydrogen-bond donors (Lipinski definition) is 0. The molecule has 0 bridgehead atoms. The molecular weight excluding hydrogens is 293 g/mol. The Labute approximate surface area is 107 Å². The van der Waals surface area contributed by atoms with Crippen LogP contribution < -0.4 is 0 Å². The fourth-order valence-electron chi connectivity index (χ4n) is 2.51. The van der Waals surface area contributed by atoms with Crippen molar-refractivity contribution < 1.29 is 13.2 Å². The topological polar surface area (TPSA) is 0 Å². The summed E-state index contributed by atoms with van der Waals surface area (Å²) in [4.78, 5) is 0.481. The van der Waals surface area contributed by atoms with Gasteiger partial charge < -0.3 is 0 Å². The number of alkyl halides is 4. The molecule has 4 heteroatoms. The number of benzene rings is 1. The van der Waals surface area contributed by atoms with E-state index in [1.807, 2.05) is 0 Å². The second-order valence-corrected chi connectivity index (χ2v) is 5.85. The highest BCUT2D eigenvalue weighted by Crippen LogP contribution is 2.43. The molecule has 3 atom stereocenters. The fourth-order valence-corrected chi connectivity index (χ4v) is 3.14. The van der Waals surface area contributed by atoms with Crippen molar-refractivity contribution in [3.05, 3.63) is 35.4 Å². The second-order valence-electron chi connectivity index (χ2n) is 4.68. The van der Waals surface area contributed by atoms with Crippen LogP contribution >= 0.6 is 15.9 Å². The lowest BCUT2D eigenvalue weighted by molar-refractivity contribution is -0.137. The molecule has 0 amide bonds. The standard InChI is InChI=1S/C13H14BrF3/c1-8-11(6-7-12(8)14)9-2-4-10(5-3-9)13(15,16)17/h2-5,8,11-12H,6-7H2,1H3. The highest BCUT2D eigenvalue weighted by atomic mass is 79.9. The Hall–Kier alpha value is -0.510. The molecule has 0 spiro atoms. The monoisotopic (exact) mass is 306 g/mol. The van der Waals surface area contributed by atoms with Gasteiger partial charge in [-0.05, 0) is 42.4 Å². The van der Waals surface area contributed by atoms with Gasteiger partial charge in [0.1, 0.15) is 0 Å². The minimum atomic E-state index is -4.24. The Morgan fingerprint density at radius 1 is 1.12 bits per heavy atom. The summed E-state index contributed by atoms with van der Waals surface area (Å²) in [7, 11) is 0. The third kappa shape index (κ3) is 2.67. The summed E-state index contributed by atoms with van der Waals surface area (Å²) in [6, 6.07) is 5.61. The maximum Gasteiger partial charge on any atom is 0.416 e. The summed E-state index contributed by atoms with van der Waals surface area (Å²) in [6.07, 6.45) is -2.10. The SMILES string of the molecule is CC1C(Br)CCC1c1ccc(C(F)(F)F)cc1. The molecule has 1 fully saturated rings. The van der Waals surface area contributed by atoms with Crippen molar-refractivity contribution in [1.82, 2.24) is 0 Å².